The fourth-order valence-corrected chi connectivity index (χ4v) is 3.75. The van der Waals surface area contributed by atoms with Gasteiger partial charge in [0.2, 0.25) is 0 Å². The van der Waals surface area contributed by atoms with Crippen molar-refractivity contribution >= 4 is 17.2 Å². The van der Waals surface area contributed by atoms with Crippen LogP contribution >= 0.6 is 11.3 Å². The standard InChI is InChI=1S/C22H21N5O2S/c1-15-18(21(28)23-11-9-16-5-7-17(29-2)8-6-16)14-25-27(15)22-24-12-10-19(26-22)20-4-3-13-30-20/h3-8,10,12-14H,9,11H2,1-2H3,(H,23,28). The summed E-state index contributed by atoms with van der Waals surface area (Å²) in [6.07, 6.45) is 3.99. The van der Waals surface area contributed by atoms with Gasteiger partial charge in [-0.05, 0) is 48.6 Å². The molecule has 0 bridgehead atoms. The minimum atomic E-state index is -0.165. The molecule has 0 saturated carbocycles. The summed E-state index contributed by atoms with van der Waals surface area (Å²) >= 11 is 1.61. The molecule has 0 fully saturated rings. The first-order valence-electron chi connectivity index (χ1n) is 9.49. The number of rotatable bonds is 7. The van der Waals surface area contributed by atoms with Crippen LogP contribution in [0.1, 0.15) is 21.6 Å². The number of hydrogen-bond acceptors (Lipinski definition) is 6. The van der Waals surface area contributed by atoms with Gasteiger partial charge in [0.1, 0.15) is 5.75 Å². The van der Waals surface area contributed by atoms with Gasteiger partial charge in [0, 0.05) is 12.7 Å². The predicted octanol–water partition coefficient (Wildman–Crippen LogP) is 3.68. The van der Waals surface area contributed by atoms with Crippen molar-refractivity contribution in [3.8, 4) is 22.3 Å². The Hall–Kier alpha value is -3.52. The van der Waals surface area contributed by atoms with Crippen LogP contribution in [0.2, 0.25) is 0 Å². The Bertz CT molecular complexity index is 1140. The molecule has 1 amide bonds. The van der Waals surface area contributed by atoms with E-state index in [1.807, 2.05) is 54.8 Å². The first kappa shape index (κ1) is 19.8. The summed E-state index contributed by atoms with van der Waals surface area (Å²) in [4.78, 5) is 22.6. The van der Waals surface area contributed by atoms with Crippen LogP contribution in [0, 0.1) is 6.92 Å². The number of hydrogen-bond donors (Lipinski definition) is 1. The molecule has 0 aliphatic heterocycles. The Morgan fingerprint density at radius 1 is 1.20 bits per heavy atom. The summed E-state index contributed by atoms with van der Waals surface area (Å²) in [7, 11) is 1.64. The Balaban J connectivity index is 1.43. The number of thiophene rings is 1. The molecule has 0 aliphatic rings. The molecule has 0 spiro atoms. The van der Waals surface area contributed by atoms with Crippen molar-refractivity contribution in [2.75, 3.05) is 13.7 Å². The number of aromatic nitrogens is 4. The SMILES string of the molecule is COc1ccc(CCNC(=O)c2cnn(-c3nccc(-c4cccs4)n3)c2C)cc1. The molecule has 0 saturated heterocycles. The average Bonchev–Trinajstić information content (AvgIpc) is 3.44. The van der Waals surface area contributed by atoms with Gasteiger partial charge in [0.15, 0.2) is 0 Å². The second-order valence-corrected chi connectivity index (χ2v) is 7.58. The maximum atomic E-state index is 12.6. The fraction of sp³-hybridized carbons (Fsp3) is 0.182. The second kappa shape index (κ2) is 8.87. The lowest BCUT2D eigenvalue weighted by Gasteiger charge is -2.07. The number of carbonyl (C=O) groups is 1. The third kappa shape index (κ3) is 4.23. The van der Waals surface area contributed by atoms with Crippen molar-refractivity contribution in [2.45, 2.75) is 13.3 Å². The molecular weight excluding hydrogens is 398 g/mol. The number of ether oxygens (including phenoxy) is 1. The molecule has 0 aliphatic carbocycles. The van der Waals surface area contributed by atoms with Gasteiger partial charge in [0.05, 0.1) is 35.1 Å². The molecule has 4 rings (SSSR count). The molecule has 1 N–H and O–H groups in total. The Morgan fingerprint density at radius 3 is 2.77 bits per heavy atom. The van der Waals surface area contributed by atoms with E-state index in [2.05, 4.69) is 20.4 Å². The van der Waals surface area contributed by atoms with E-state index in [4.69, 9.17) is 4.74 Å². The summed E-state index contributed by atoms with van der Waals surface area (Å²) in [5.41, 5.74) is 3.16. The van der Waals surface area contributed by atoms with E-state index >= 15 is 0 Å². The number of nitrogens with zero attached hydrogens (tertiary/aromatic N) is 4. The quantitative estimate of drug-likeness (QED) is 0.494. The highest BCUT2D eigenvalue weighted by molar-refractivity contribution is 7.13. The Morgan fingerprint density at radius 2 is 2.03 bits per heavy atom. The highest BCUT2D eigenvalue weighted by Crippen LogP contribution is 2.23. The molecule has 7 nitrogen and oxygen atoms in total. The minimum Gasteiger partial charge on any atom is -0.497 e. The molecule has 8 heteroatoms. The number of amides is 1. The Kier molecular flexibility index (Phi) is 5.85. The zero-order valence-corrected chi connectivity index (χ0v) is 17.5. The van der Waals surface area contributed by atoms with Crippen LogP contribution in [0.15, 0.2) is 60.2 Å². The molecular formula is C22H21N5O2S. The lowest BCUT2D eigenvalue weighted by atomic mass is 10.1. The topological polar surface area (TPSA) is 81.9 Å². The zero-order valence-electron chi connectivity index (χ0n) is 16.7. The zero-order chi connectivity index (χ0) is 20.9. The van der Waals surface area contributed by atoms with Crippen LogP contribution in [0.25, 0.3) is 16.5 Å². The van der Waals surface area contributed by atoms with E-state index in [1.165, 1.54) is 0 Å². The van der Waals surface area contributed by atoms with E-state index in [9.17, 15) is 4.79 Å². The highest BCUT2D eigenvalue weighted by atomic mass is 32.1. The first-order chi connectivity index (χ1) is 14.7. The molecule has 30 heavy (non-hydrogen) atoms. The van der Waals surface area contributed by atoms with Crippen molar-refractivity contribution in [1.29, 1.82) is 0 Å². The van der Waals surface area contributed by atoms with Gasteiger partial charge in [-0.2, -0.15) is 5.10 Å². The molecule has 0 radical (unpaired) electrons. The van der Waals surface area contributed by atoms with Gasteiger partial charge in [-0.3, -0.25) is 4.79 Å². The lowest BCUT2D eigenvalue weighted by Crippen LogP contribution is -2.26. The van der Waals surface area contributed by atoms with E-state index in [0.717, 1.165) is 28.3 Å². The van der Waals surface area contributed by atoms with Crippen LogP contribution < -0.4 is 10.1 Å². The summed E-state index contributed by atoms with van der Waals surface area (Å²) in [6.45, 7) is 2.37. The molecule has 0 atom stereocenters. The molecule has 3 aromatic heterocycles. The third-order valence-corrected chi connectivity index (χ3v) is 5.61. The minimum absolute atomic E-state index is 0.165. The number of benzene rings is 1. The maximum absolute atomic E-state index is 12.6. The summed E-state index contributed by atoms with van der Waals surface area (Å²) in [5, 5.41) is 9.29. The van der Waals surface area contributed by atoms with Crippen LogP contribution in [-0.2, 0) is 6.42 Å². The van der Waals surface area contributed by atoms with Crippen molar-refractivity contribution in [2.24, 2.45) is 0 Å². The van der Waals surface area contributed by atoms with Crippen molar-refractivity contribution in [3.63, 3.8) is 0 Å². The molecule has 152 valence electrons. The first-order valence-corrected chi connectivity index (χ1v) is 10.4. The van der Waals surface area contributed by atoms with E-state index in [0.29, 0.717) is 23.8 Å². The van der Waals surface area contributed by atoms with Crippen molar-refractivity contribution in [1.82, 2.24) is 25.1 Å². The van der Waals surface area contributed by atoms with Gasteiger partial charge >= 0.3 is 0 Å². The van der Waals surface area contributed by atoms with Crippen molar-refractivity contribution < 1.29 is 9.53 Å². The van der Waals surface area contributed by atoms with Gasteiger partial charge in [-0.25, -0.2) is 14.6 Å². The smallest absolute Gasteiger partial charge is 0.254 e. The van der Waals surface area contributed by atoms with Gasteiger partial charge < -0.3 is 10.1 Å². The van der Waals surface area contributed by atoms with Crippen LogP contribution in [-0.4, -0.2) is 39.3 Å². The molecule has 3 heterocycles. The summed E-state index contributed by atoms with van der Waals surface area (Å²) in [5.74, 6) is 1.09. The molecule has 4 aromatic rings. The fourth-order valence-electron chi connectivity index (χ4n) is 3.05. The normalized spacial score (nSPS) is 10.7. The number of methoxy groups -OCH3 is 1. The second-order valence-electron chi connectivity index (χ2n) is 6.63. The monoisotopic (exact) mass is 419 g/mol. The maximum Gasteiger partial charge on any atom is 0.254 e. The van der Waals surface area contributed by atoms with Gasteiger partial charge in [-0.1, -0.05) is 18.2 Å². The van der Waals surface area contributed by atoms with Gasteiger partial charge in [0.25, 0.3) is 11.9 Å². The van der Waals surface area contributed by atoms with E-state index in [-0.39, 0.29) is 5.91 Å². The lowest BCUT2D eigenvalue weighted by molar-refractivity contribution is 0.0953. The van der Waals surface area contributed by atoms with Gasteiger partial charge in [-0.15, -0.1) is 11.3 Å². The van der Waals surface area contributed by atoms with E-state index < -0.39 is 0 Å². The Labute approximate surface area is 178 Å². The summed E-state index contributed by atoms with van der Waals surface area (Å²) < 4.78 is 6.75. The molecule has 0 unspecified atom stereocenters. The average molecular weight is 420 g/mol. The third-order valence-electron chi connectivity index (χ3n) is 4.72. The van der Waals surface area contributed by atoms with E-state index in [1.54, 1.807) is 35.5 Å². The van der Waals surface area contributed by atoms with Crippen LogP contribution in [0.5, 0.6) is 5.75 Å². The van der Waals surface area contributed by atoms with Crippen molar-refractivity contribution in [3.05, 3.63) is 77.1 Å². The predicted molar refractivity (Wildman–Crippen MR) is 116 cm³/mol. The van der Waals surface area contributed by atoms with Crippen LogP contribution in [0.4, 0.5) is 0 Å². The number of carbonyl (C=O) groups excluding carboxylic acids is 1. The number of nitrogens with one attached hydrogen (secondary N) is 1. The summed E-state index contributed by atoms with van der Waals surface area (Å²) in [6, 6.07) is 13.7. The largest absolute Gasteiger partial charge is 0.497 e. The molecule has 1 aromatic carbocycles. The highest BCUT2D eigenvalue weighted by Gasteiger charge is 2.16. The van der Waals surface area contributed by atoms with Crippen LogP contribution in [0.3, 0.4) is 0 Å².